The van der Waals surface area contributed by atoms with Crippen LogP contribution in [0.5, 0.6) is 0 Å². The summed E-state index contributed by atoms with van der Waals surface area (Å²) < 4.78 is 1.57. The molecule has 0 amide bonds. The van der Waals surface area contributed by atoms with Crippen molar-refractivity contribution < 1.29 is 4.92 Å². The van der Waals surface area contributed by atoms with E-state index in [-0.39, 0.29) is 5.69 Å². The van der Waals surface area contributed by atoms with Gasteiger partial charge in [-0.05, 0) is 30.6 Å². The first-order chi connectivity index (χ1) is 11.9. The Labute approximate surface area is 149 Å². The number of rotatable bonds is 8. The molecule has 0 saturated heterocycles. The minimum atomic E-state index is -0.437. The first-order valence-corrected chi connectivity index (χ1v) is 9.05. The summed E-state index contributed by atoms with van der Waals surface area (Å²) in [6, 6.07) is 0. The molecule has 0 aliphatic heterocycles. The number of guanidine groups is 1. The smallest absolute Gasteiger partial charge is 0.306 e. The van der Waals surface area contributed by atoms with Gasteiger partial charge in [0, 0.05) is 20.1 Å². The summed E-state index contributed by atoms with van der Waals surface area (Å²) in [5.41, 5.74) is 0.397. The van der Waals surface area contributed by atoms with Crippen molar-refractivity contribution in [2.75, 3.05) is 20.1 Å². The lowest BCUT2D eigenvalue weighted by molar-refractivity contribution is -0.385. The summed E-state index contributed by atoms with van der Waals surface area (Å²) in [5, 5.41) is 21.4. The van der Waals surface area contributed by atoms with Gasteiger partial charge in [-0.1, -0.05) is 26.7 Å². The minimum absolute atomic E-state index is 0.0133. The third kappa shape index (κ3) is 5.72. The highest BCUT2D eigenvalue weighted by Gasteiger charge is 2.34. The largest absolute Gasteiger partial charge is 0.356 e. The Morgan fingerprint density at radius 2 is 2.16 bits per heavy atom. The van der Waals surface area contributed by atoms with Gasteiger partial charge in [0.15, 0.2) is 5.96 Å². The SMILES string of the molecule is CN=C(NCCn1cc([N+](=O)[O-])cn1)NCC1(CC(C)C)CCCC1. The lowest BCUT2D eigenvalue weighted by Gasteiger charge is -2.31. The Hall–Kier alpha value is -2.12. The monoisotopic (exact) mass is 350 g/mol. The highest BCUT2D eigenvalue weighted by molar-refractivity contribution is 5.79. The van der Waals surface area contributed by atoms with Gasteiger partial charge in [0.05, 0.1) is 11.5 Å². The second kappa shape index (κ2) is 8.82. The van der Waals surface area contributed by atoms with E-state index in [4.69, 9.17) is 0 Å². The van der Waals surface area contributed by atoms with Crippen molar-refractivity contribution in [2.24, 2.45) is 16.3 Å². The Balaban J connectivity index is 1.78. The summed E-state index contributed by atoms with van der Waals surface area (Å²) in [5.74, 6) is 1.47. The van der Waals surface area contributed by atoms with Crippen molar-refractivity contribution in [3.8, 4) is 0 Å². The van der Waals surface area contributed by atoms with Crippen LogP contribution in [-0.4, -0.2) is 40.8 Å². The predicted molar refractivity (Wildman–Crippen MR) is 98.6 cm³/mol. The molecule has 8 nitrogen and oxygen atoms in total. The fourth-order valence-electron chi connectivity index (χ4n) is 3.79. The molecule has 0 atom stereocenters. The lowest BCUT2D eigenvalue weighted by Crippen LogP contribution is -2.44. The van der Waals surface area contributed by atoms with Gasteiger partial charge in [-0.3, -0.25) is 19.8 Å². The molecule has 0 unspecified atom stereocenters. The molecule has 2 N–H and O–H groups in total. The number of nitrogens with one attached hydrogen (secondary N) is 2. The average molecular weight is 350 g/mol. The van der Waals surface area contributed by atoms with Crippen molar-refractivity contribution in [3.63, 3.8) is 0 Å². The van der Waals surface area contributed by atoms with Crippen molar-refractivity contribution >= 4 is 11.6 Å². The topological polar surface area (TPSA) is 97.4 Å². The molecule has 0 bridgehead atoms. The molecule has 0 aromatic carbocycles. The molecule has 1 fully saturated rings. The van der Waals surface area contributed by atoms with E-state index in [1.807, 2.05) is 0 Å². The van der Waals surface area contributed by atoms with E-state index in [1.165, 1.54) is 44.5 Å². The second-order valence-corrected chi connectivity index (χ2v) is 7.38. The van der Waals surface area contributed by atoms with E-state index in [0.717, 1.165) is 12.5 Å². The van der Waals surface area contributed by atoms with Gasteiger partial charge >= 0.3 is 5.69 Å². The Morgan fingerprint density at radius 1 is 1.44 bits per heavy atom. The van der Waals surface area contributed by atoms with E-state index >= 15 is 0 Å². The molecule has 1 aliphatic rings. The molecule has 1 heterocycles. The van der Waals surface area contributed by atoms with Crippen molar-refractivity contribution in [3.05, 3.63) is 22.5 Å². The van der Waals surface area contributed by atoms with Gasteiger partial charge in [0.1, 0.15) is 12.4 Å². The molecular weight excluding hydrogens is 320 g/mol. The standard InChI is InChI=1S/C17H30N6O2/c1-14(2)10-17(6-4-5-7-17)13-20-16(18-3)19-8-9-22-12-15(11-21-22)23(24)25/h11-12,14H,4-10,13H2,1-3H3,(H2,18,19,20). The predicted octanol–water partition coefficient (Wildman–Crippen LogP) is 2.56. The highest BCUT2D eigenvalue weighted by atomic mass is 16.6. The Morgan fingerprint density at radius 3 is 2.72 bits per heavy atom. The molecule has 0 radical (unpaired) electrons. The Kier molecular flexibility index (Phi) is 6.78. The number of nitrogens with zero attached hydrogens (tertiary/aromatic N) is 4. The third-order valence-corrected chi connectivity index (χ3v) is 4.82. The molecule has 2 rings (SSSR count). The molecule has 25 heavy (non-hydrogen) atoms. The van der Waals surface area contributed by atoms with Crippen LogP contribution in [0.4, 0.5) is 5.69 Å². The first kappa shape index (κ1) is 19.2. The van der Waals surface area contributed by atoms with E-state index in [2.05, 4.69) is 34.6 Å². The van der Waals surface area contributed by atoms with E-state index < -0.39 is 4.92 Å². The molecule has 8 heteroatoms. The van der Waals surface area contributed by atoms with Crippen LogP contribution in [0.25, 0.3) is 0 Å². The van der Waals surface area contributed by atoms with Crippen molar-refractivity contribution in [2.45, 2.75) is 52.5 Å². The van der Waals surface area contributed by atoms with Crippen LogP contribution in [0.15, 0.2) is 17.4 Å². The van der Waals surface area contributed by atoms with Crippen LogP contribution in [0, 0.1) is 21.4 Å². The van der Waals surface area contributed by atoms with E-state index in [0.29, 0.717) is 24.4 Å². The number of hydrogen-bond donors (Lipinski definition) is 2. The highest BCUT2D eigenvalue weighted by Crippen LogP contribution is 2.42. The van der Waals surface area contributed by atoms with Gasteiger partial charge in [-0.25, -0.2) is 0 Å². The van der Waals surface area contributed by atoms with Crippen LogP contribution in [-0.2, 0) is 6.54 Å². The minimum Gasteiger partial charge on any atom is -0.356 e. The fraction of sp³-hybridized carbons (Fsp3) is 0.765. The molecule has 1 aromatic heterocycles. The van der Waals surface area contributed by atoms with Gasteiger partial charge < -0.3 is 10.6 Å². The quantitative estimate of drug-likeness (QED) is 0.325. The van der Waals surface area contributed by atoms with E-state index in [1.54, 1.807) is 11.7 Å². The molecule has 1 aliphatic carbocycles. The van der Waals surface area contributed by atoms with Crippen LogP contribution in [0.3, 0.4) is 0 Å². The zero-order chi connectivity index (χ0) is 18.3. The number of hydrogen-bond acceptors (Lipinski definition) is 4. The number of aromatic nitrogens is 2. The summed E-state index contributed by atoms with van der Waals surface area (Å²) in [7, 11) is 1.76. The van der Waals surface area contributed by atoms with E-state index in [9.17, 15) is 10.1 Å². The normalized spacial score (nSPS) is 17.0. The zero-order valence-corrected chi connectivity index (χ0v) is 15.5. The molecule has 140 valence electrons. The maximum atomic E-state index is 10.7. The van der Waals surface area contributed by atoms with Crippen LogP contribution >= 0.6 is 0 Å². The Bertz CT molecular complexity index is 590. The van der Waals surface area contributed by atoms with Crippen LogP contribution in [0.2, 0.25) is 0 Å². The molecule has 1 saturated carbocycles. The summed E-state index contributed by atoms with van der Waals surface area (Å²) >= 11 is 0. The summed E-state index contributed by atoms with van der Waals surface area (Å²) in [4.78, 5) is 14.5. The summed E-state index contributed by atoms with van der Waals surface area (Å²) in [6.45, 7) is 6.67. The maximum absolute atomic E-state index is 10.7. The van der Waals surface area contributed by atoms with Crippen LogP contribution in [0.1, 0.15) is 46.0 Å². The van der Waals surface area contributed by atoms with Crippen molar-refractivity contribution in [1.29, 1.82) is 0 Å². The zero-order valence-electron chi connectivity index (χ0n) is 15.5. The third-order valence-electron chi connectivity index (χ3n) is 4.82. The second-order valence-electron chi connectivity index (χ2n) is 7.38. The maximum Gasteiger partial charge on any atom is 0.306 e. The molecule has 1 aromatic rings. The lowest BCUT2D eigenvalue weighted by atomic mass is 9.78. The molecule has 0 spiro atoms. The average Bonchev–Trinajstić information content (AvgIpc) is 3.20. The summed E-state index contributed by atoms with van der Waals surface area (Å²) in [6.07, 6.45) is 9.15. The van der Waals surface area contributed by atoms with Gasteiger partial charge in [0.2, 0.25) is 0 Å². The number of aliphatic imine (C=N–C) groups is 1. The van der Waals surface area contributed by atoms with Gasteiger partial charge in [-0.2, -0.15) is 5.10 Å². The fourth-order valence-corrected chi connectivity index (χ4v) is 3.79. The first-order valence-electron chi connectivity index (χ1n) is 9.05. The number of nitro groups is 1. The molecular formula is C17H30N6O2. The van der Waals surface area contributed by atoms with Gasteiger partial charge in [0.25, 0.3) is 0 Å². The van der Waals surface area contributed by atoms with Gasteiger partial charge in [-0.15, -0.1) is 0 Å². The van der Waals surface area contributed by atoms with Crippen LogP contribution < -0.4 is 10.6 Å². The van der Waals surface area contributed by atoms with Crippen molar-refractivity contribution in [1.82, 2.24) is 20.4 Å².